The number of carbonyl (C=O) groups excluding carboxylic acids is 2. The van der Waals surface area contributed by atoms with E-state index in [1.54, 1.807) is 12.1 Å². The molecule has 0 radical (unpaired) electrons. The van der Waals surface area contributed by atoms with Crippen LogP contribution in [0.4, 0.5) is 0 Å². The first-order chi connectivity index (χ1) is 20.2. The maximum Gasteiger partial charge on any atom is 0.335 e. The zero-order valence-electron chi connectivity index (χ0n) is 24.8. The van der Waals surface area contributed by atoms with Crippen LogP contribution in [0.2, 0.25) is 0 Å². The van der Waals surface area contributed by atoms with Crippen LogP contribution in [0.3, 0.4) is 0 Å². The van der Waals surface area contributed by atoms with Gasteiger partial charge in [-0.25, -0.2) is 4.79 Å². The molecule has 5 rings (SSSR count). The average Bonchev–Trinajstić information content (AvgIpc) is 2.89. The van der Waals surface area contributed by atoms with E-state index in [4.69, 9.17) is 9.84 Å². The minimum Gasteiger partial charge on any atom is -0.488 e. The van der Waals surface area contributed by atoms with Crippen molar-refractivity contribution in [3.05, 3.63) is 86.2 Å². The molecule has 0 saturated heterocycles. The maximum absolute atomic E-state index is 13.9. The molecule has 0 unspecified atom stereocenters. The lowest BCUT2D eigenvalue weighted by molar-refractivity contribution is -0.137. The van der Waals surface area contributed by atoms with Gasteiger partial charge in [0.05, 0.1) is 16.5 Å². The highest BCUT2D eigenvalue weighted by Crippen LogP contribution is 2.54. The Labute approximate surface area is 259 Å². The van der Waals surface area contributed by atoms with Gasteiger partial charge in [-0.1, -0.05) is 45.9 Å². The molecule has 1 heterocycles. The van der Waals surface area contributed by atoms with Crippen LogP contribution in [0.5, 0.6) is 5.75 Å². The predicted octanol–water partition coefficient (Wildman–Crippen LogP) is 6.89. The molecule has 0 amide bonds. The molecule has 226 valence electrons. The third-order valence-corrected chi connectivity index (χ3v) is 9.08. The number of carboxylic acid groups (broad SMARTS) is 2. The molecule has 2 N–H and O–H groups in total. The quantitative estimate of drug-likeness (QED) is 0.317. The largest absolute Gasteiger partial charge is 0.488 e. The zero-order valence-corrected chi connectivity index (χ0v) is 26.4. The molecule has 0 atom stereocenters. The summed E-state index contributed by atoms with van der Waals surface area (Å²) in [5.74, 6) is -1.92. The van der Waals surface area contributed by atoms with Crippen LogP contribution in [-0.2, 0) is 21.0 Å². The lowest BCUT2D eigenvalue weighted by atomic mass is 9.63. The summed E-state index contributed by atoms with van der Waals surface area (Å²) in [6, 6.07) is 12.1. The van der Waals surface area contributed by atoms with Gasteiger partial charge in [-0.15, -0.1) is 0 Å². The molecule has 9 heteroatoms. The number of aliphatic carboxylic acids is 1. The lowest BCUT2D eigenvalue weighted by Crippen LogP contribution is -2.45. The van der Waals surface area contributed by atoms with Crippen LogP contribution in [0, 0.1) is 10.8 Å². The fourth-order valence-corrected chi connectivity index (χ4v) is 7.09. The fourth-order valence-electron chi connectivity index (χ4n) is 6.58. The summed E-state index contributed by atoms with van der Waals surface area (Å²) in [4.78, 5) is 52.6. The SMILES string of the molecule is CC1(C)CC(=O)C2=C(C1)N(CCC(=O)O)C1=C(C(=O)CC(C)(C)C1)C2c1ccc(OCc2ccc(C(=O)O)cc2)c(Br)c1. The Morgan fingerprint density at radius 2 is 1.44 bits per heavy atom. The van der Waals surface area contributed by atoms with Crippen molar-refractivity contribution < 1.29 is 34.1 Å². The van der Waals surface area contributed by atoms with E-state index in [0.29, 0.717) is 47.1 Å². The van der Waals surface area contributed by atoms with Gasteiger partial charge in [0.1, 0.15) is 12.4 Å². The van der Waals surface area contributed by atoms with E-state index in [2.05, 4.69) is 43.6 Å². The van der Waals surface area contributed by atoms with Crippen molar-refractivity contribution in [2.24, 2.45) is 10.8 Å². The Bertz CT molecular complexity index is 1530. The number of hydrogen-bond acceptors (Lipinski definition) is 6. The van der Waals surface area contributed by atoms with E-state index in [1.165, 1.54) is 12.1 Å². The van der Waals surface area contributed by atoms with Crippen LogP contribution in [-0.4, -0.2) is 45.2 Å². The Morgan fingerprint density at radius 1 is 0.884 bits per heavy atom. The van der Waals surface area contributed by atoms with Crippen molar-refractivity contribution >= 4 is 39.4 Å². The molecule has 0 aromatic heterocycles. The minimum absolute atomic E-state index is 0.0120. The van der Waals surface area contributed by atoms with Crippen LogP contribution < -0.4 is 4.74 Å². The third kappa shape index (κ3) is 6.32. The number of nitrogens with zero attached hydrogens (tertiary/aromatic N) is 1. The summed E-state index contributed by atoms with van der Waals surface area (Å²) in [6.07, 6.45) is 1.82. The normalized spacial score (nSPS) is 19.7. The smallest absolute Gasteiger partial charge is 0.335 e. The Kier molecular flexibility index (Phi) is 8.15. The summed E-state index contributed by atoms with van der Waals surface area (Å²) < 4.78 is 6.69. The summed E-state index contributed by atoms with van der Waals surface area (Å²) in [6.45, 7) is 8.64. The van der Waals surface area contributed by atoms with Crippen LogP contribution in [0.1, 0.15) is 87.2 Å². The number of carbonyl (C=O) groups is 4. The summed E-state index contributed by atoms with van der Waals surface area (Å²) in [5, 5.41) is 18.7. The Hall–Kier alpha value is -3.72. The van der Waals surface area contributed by atoms with Gasteiger partial charge >= 0.3 is 11.9 Å². The van der Waals surface area contributed by atoms with Crippen LogP contribution >= 0.6 is 15.9 Å². The minimum atomic E-state index is -0.991. The average molecular weight is 651 g/mol. The molecule has 3 aliphatic rings. The number of hydrogen-bond donors (Lipinski definition) is 2. The number of carboxylic acids is 2. The van der Waals surface area contributed by atoms with Crippen molar-refractivity contribution in [1.29, 1.82) is 0 Å². The Morgan fingerprint density at radius 3 is 1.93 bits per heavy atom. The van der Waals surface area contributed by atoms with E-state index in [1.807, 2.05) is 23.1 Å². The molecule has 0 saturated carbocycles. The van der Waals surface area contributed by atoms with Gasteiger partial charge in [0.15, 0.2) is 11.6 Å². The molecule has 1 aliphatic heterocycles. The van der Waals surface area contributed by atoms with Crippen LogP contribution in [0.15, 0.2) is 69.5 Å². The highest BCUT2D eigenvalue weighted by molar-refractivity contribution is 9.10. The van der Waals surface area contributed by atoms with Crippen molar-refractivity contribution in [1.82, 2.24) is 4.90 Å². The molecule has 0 fully saturated rings. The van der Waals surface area contributed by atoms with Crippen LogP contribution in [0.25, 0.3) is 0 Å². The number of benzene rings is 2. The molecule has 8 nitrogen and oxygen atoms in total. The summed E-state index contributed by atoms with van der Waals surface area (Å²) in [5.41, 5.74) is 4.06. The first kappa shape index (κ1) is 30.7. The van der Waals surface area contributed by atoms with E-state index in [-0.39, 0.29) is 47.5 Å². The fraction of sp³-hybridized carbons (Fsp3) is 0.412. The number of ether oxygens (including phenoxy) is 1. The molecule has 43 heavy (non-hydrogen) atoms. The van der Waals surface area contributed by atoms with E-state index in [9.17, 15) is 24.3 Å². The molecule has 0 bridgehead atoms. The first-order valence-corrected chi connectivity index (χ1v) is 15.2. The predicted molar refractivity (Wildman–Crippen MR) is 164 cm³/mol. The second-order valence-electron chi connectivity index (χ2n) is 13.3. The molecular formula is C34H36BrNO7. The van der Waals surface area contributed by atoms with Gasteiger partial charge in [-0.05, 0) is 75.0 Å². The number of Topliss-reactive ketones (excluding diaryl/α,β-unsaturated/α-hetero) is 2. The molecule has 2 aromatic carbocycles. The number of halogens is 1. The van der Waals surface area contributed by atoms with Gasteiger partial charge in [-0.3, -0.25) is 14.4 Å². The molecule has 0 spiro atoms. The van der Waals surface area contributed by atoms with Crippen molar-refractivity contribution in [2.45, 2.75) is 72.3 Å². The van der Waals surface area contributed by atoms with Gasteiger partial charge in [0.25, 0.3) is 0 Å². The lowest BCUT2D eigenvalue weighted by Gasteiger charge is -2.49. The van der Waals surface area contributed by atoms with Crippen molar-refractivity contribution in [2.75, 3.05) is 6.54 Å². The summed E-state index contributed by atoms with van der Waals surface area (Å²) >= 11 is 3.63. The van der Waals surface area contributed by atoms with E-state index < -0.39 is 17.9 Å². The molecule has 2 aromatic rings. The van der Waals surface area contributed by atoms with Gasteiger partial charge < -0.3 is 19.8 Å². The topological polar surface area (TPSA) is 121 Å². The maximum atomic E-state index is 13.9. The number of ketones is 2. The monoisotopic (exact) mass is 649 g/mol. The third-order valence-electron chi connectivity index (χ3n) is 8.46. The molecular weight excluding hydrogens is 614 g/mol. The highest BCUT2D eigenvalue weighted by atomic mass is 79.9. The second-order valence-corrected chi connectivity index (χ2v) is 14.2. The second kappa shape index (κ2) is 11.4. The van der Waals surface area contributed by atoms with E-state index >= 15 is 0 Å². The van der Waals surface area contributed by atoms with Crippen molar-refractivity contribution in [3.8, 4) is 5.75 Å². The van der Waals surface area contributed by atoms with E-state index in [0.717, 1.165) is 22.5 Å². The number of allylic oxidation sites excluding steroid dienone is 4. The Balaban J connectivity index is 1.55. The standard InChI is InChI=1S/C34H36BrNO7/c1-33(2)14-23-30(25(37)16-33)29(31-24(36(23)12-11-28(39)40)15-34(3,4)17-26(31)38)21-9-10-27(22(35)13-21)43-18-19-5-7-20(8-6-19)32(41)42/h5-10,13,29H,11-12,14-18H2,1-4H3,(H,39,40)(H,41,42). The molecule has 2 aliphatic carbocycles. The number of aromatic carboxylic acids is 1. The first-order valence-electron chi connectivity index (χ1n) is 14.4. The number of rotatable bonds is 8. The van der Waals surface area contributed by atoms with Crippen molar-refractivity contribution in [3.63, 3.8) is 0 Å². The zero-order chi connectivity index (χ0) is 31.3. The van der Waals surface area contributed by atoms with Gasteiger partial charge in [-0.2, -0.15) is 0 Å². The van der Waals surface area contributed by atoms with Gasteiger partial charge in [0.2, 0.25) is 0 Å². The highest BCUT2D eigenvalue weighted by Gasteiger charge is 2.49. The van der Waals surface area contributed by atoms with Gasteiger partial charge in [0, 0.05) is 47.8 Å². The summed E-state index contributed by atoms with van der Waals surface area (Å²) in [7, 11) is 0.